The Bertz CT molecular complexity index is 555. The summed E-state index contributed by atoms with van der Waals surface area (Å²) in [4.78, 5) is 0. The normalized spacial score (nSPS) is 12.2. The average Bonchev–Trinajstić information content (AvgIpc) is 2.41. The molecular formula is C15H16FNO2. The average molecular weight is 261 g/mol. The van der Waals surface area contributed by atoms with E-state index in [1.165, 1.54) is 13.2 Å². The Morgan fingerprint density at radius 1 is 1.21 bits per heavy atom. The highest BCUT2D eigenvalue weighted by Crippen LogP contribution is 2.23. The number of aromatic hydroxyl groups is 1. The molecule has 0 aliphatic carbocycles. The number of nitrogens with two attached hydrogens (primary N) is 1. The predicted octanol–water partition coefficient (Wildman–Crippen LogP) is 2.78. The molecule has 0 amide bonds. The van der Waals surface area contributed by atoms with Crippen molar-refractivity contribution in [3.05, 3.63) is 59.4 Å². The Hall–Kier alpha value is -2.07. The summed E-state index contributed by atoms with van der Waals surface area (Å²) in [6.07, 6.45) is 0.504. The van der Waals surface area contributed by atoms with Gasteiger partial charge in [-0.3, -0.25) is 0 Å². The summed E-state index contributed by atoms with van der Waals surface area (Å²) in [7, 11) is 1.49. The first-order valence-electron chi connectivity index (χ1n) is 5.97. The lowest BCUT2D eigenvalue weighted by atomic mass is 9.99. The van der Waals surface area contributed by atoms with Crippen molar-refractivity contribution in [3.8, 4) is 11.5 Å². The van der Waals surface area contributed by atoms with Crippen molar-refractivity contribution in [2.45, 2.75) is 12.5 Å². The van der Waals surface area contributed by atoms with Crippen molar-refractivity contribution < 1.29 is 14.2 Å². The molecule has 0 saturated heterocycles. The molecule has 3 N–H and O–H groups in total. The third-order valence-corrected chi connectivity index (χ3v) is 3.00. The van der Waals surface area contributed by atoms with Crippen LogP contribution < -0.4 is 10.5 Å². The molecule has 100 valence electrons. The number of phenolic OH excluding ortho intramolecular Hbond substituents is 1. The third kappa shape index (κ3) is 3.23. The van der Waals surface area contributed by atoms with Crippen LogP contribution in [0.2, 0.25) is 0 Å². The molecule has 19 heavy (non-hydrogen) atoms. The first kappa shape index (κ1) is 13.4. The van der Waals surface area contributed by atoms with Gasteiger partial charge in [-0.2, -0.15) is 0 Å². The van der Waals surface area contributed by atoms with E-state index < -0.39 is 6.04 Å². The number of methoxy groups -OCH3 is 1. The zero-order valence-corrected chi connectivity index (χ0v) is 10.6. The van der Waals surface area contributed by atoms with E-state index in [1.807, 2.05) is 0 Å². The van der Waals surface area contributed by atoms with Gasteiger partial charge in [0.15, 0.2) is 0 Å². The first-order valence-corrected chi connectivity index (χ1v) is 5.97. The lowest BCUT2D eigenvalue weighted by Crippen LogP contribution is -2.15. The standard InChI is InChI=1S/C15H16FNO2/c1-19-12-6-7-13(14(16)9-12)15(17)8-10-2-4-11(18)5-3-10/h2-7,9,15,18H,8,17H2,1H3. The SMILES string of the molecule is COc1ccc(C(N)Cc2ccc(O)cc2)c(F)c1. The molecule has 4 heteroatoms. The smallest absolute Gasteiger partial charge is 0.131 e. The van der Waals surface area contributed by atoms with E-state index in [0.29, 0.717) is 17.7 Å². The Balaban J connectivity index is 2.15. The van der Waals surface area contributed by atoms with Gasteiger partial charge in [0.2, 0.25) is 0 Å². The zero-order chi connectivity index (χ0) is 13.8. The van der Waals surface area contributed by atoms with Crippen molar-refractivity contribution in [2.75, 3.05) is 7.11 Å². The number of benzene rings is 2. The fourth-order valence-corrected chi connectivity index (χ4v) is 1.93. The molecular weight excluding hydrogens is 245 g/mol. The van der Waals surface area contributed by atoms with Gasteiger partial charge in [-0.15, -0.1) is 0 Å². The molecule has 0 bridgehead atoms. The van der Waals surface area contributed by atoms with Crippen LogP contribution in [0, 0.1) is 5.82 Å². The van der Waals surface area contributed by atoms with Crippen LogP contribution >= 0.6 is 0 Å². The summed E-state index contributed by atoms with van der Waals surface area (Å²) in [5, 5.41) is 9.20. The van der Waals surface area contributed by atoms with E-state index >= 15 is 0 Å². The monoisotopic (exact) mass is 261 g/mol. The Kier molecular flexibility index (Phi) is 4.02. The highest BCUT2D eigenvalue weighted by atomic mass is 19.1. The first-order chi connectivity index (χ1) is 9.10. The Morgan fingerprint density at radius 3 is 2.47 bits per heavy atom. The van der Waals surface area contributed by atoms with Crippen molar-refractivity contribution >= 4 is 0 Å². The number of rotatable bonds is 4. The fraction of sp³-hybridized carbons (Fsp3) is 0.200. The second-order valence-electron chi connectivity index (χ2n) is 4.36. The summed E-state index contributed by atoms with van der Waals surface area (Å²) in [6, 6.07) is 10.9. The van der Waals surface area contributed by atoms with Crippen LogP contribution in [0.4, 0.5) is 4.39 Å². The third-order valence-electron chi connectivity index (χ3n) is 3.00. The summed E-state index contributed by atoms with van der Waals surface area (Å²) < 4.78 is 18.8. The second-order valence-corrected chi connectivity index (χ2v) is 4.36. The van der Waals surface area contributed by atoms with Crippen molar-refractivity contribution in [2.24, 2.45) is 5.73 Å². The van der Waals surface area contributed by atoms with Crippen LogP contribution in [-0.4, -0.2) is 12.2 Å². The number of halogens is 1. The molecule has 3 nitrogen and oxygen atoms in total. The molecule has 2 aromatic rings. The molecule has 0 heterocycles. The van der Waals surface area contributed by atoms with Crippen molar-refractivity contribution in [1.29, 1.82) is 0 Å². The van der Waals surface area contributed by atoms with E-state index in [-0.39, 0.29) is 11.6 Å². The highest BCUT2D eigenvalue weighted by molar-refractivity contribution is 5.33. The van der Waals surface area contributed by atoms with Crippen molar-refractivity contribution in [1.82, 2.24) is 0 Å². The molecule has 0 fully saturated rings. The molecule has 0 saturated carbocycles. The Labute approximate surface area is 111 Å². The lowest BCUT2D eigenvalue weighted by molar-refractivity contribution is 0.410. The van der Waals surface area contributed by atoms with E-state index in [2.05, 4.69) is 0 Å². The topological polar surface area (TPSA) is 55.5 Å². The zero-order valence-electron chi connectivity index (χ0n) is 10.6. The molecule has 1 atom stereocenters. The quantitative estimate of drug-likeness (QED) is 0.889. The van der Waals surface area contributed by atoms with Crippen molar-refractivity contribution in [3.63, 3.8) is 0 Å². The minimum Gasteiger partial charge on any atom is -0.508 e. The molecule has 0 radical (unpaired) electrons. The molecule has 2 aromatic carbocycles. The minimum absolute atomic E-state index is 0.202. The lowest BCUT2D eigenvalue weighted by Gasteiger charge is -2.14. The maximum Gasteiger partial charge on any atom is 0.131 e. The van der Waals surface area contributed by atoms with Crippen LogP contribution in [0.5, 0.6) is 11.5 Å². The van der Waals surface area contributed by atoms with Crippen LogP contribution in [-0.2, 0) is 6.42 Å². The summed E-state index contributed by atoms with van der Waals surface area (Å²) >= 11 is 0. The number of hydrogen-bond acceptors (Lipinski definition) is 3. The fourth-order valence-electron chi connectivity index (χ4n) is 1.93. The highest BCUT2D eigenvalue weighted by Gasteiger charge is 2.13. The van der Waals surface area contributed by atoms with Gasteiger partial charge >= 0.3 is 0 Å². The van der Waals surface area contributed by atoms with Crippen LogP contribution in [0.3, 0.4) is 0 Å². The molecule has 1 unspecified atom stereocenters. The van der Waals surface area contributed by atoms with E-state index in [1.54, 1.807) is 36.4 Å². The number of phenols is 1. The van der Waals surface area contributed by atoms with Gasteiger partial charge in [0.05, 0.1) is 7.11 Å². The molecule has 2 rings (SSSR count). The number of ether oxygens (including phenoxy) is 1. The van der Waals surface area contributed by atoms with Gasteiger partial charge in [0.1, 0.15) is 17.3 Å². The summed E-state index contributed by atoms with van der Waals surface area (Å²) in [5.41, 5.74) is 7.41. The van der Waals surface area contributed by atoms with Crippen LogP contribution in [0.25, 0.3) is 0 Å². The van der Waals surface area contributed by atoms with E-state index in [4.69, 9.17) is 10.5 Å². The van der Waals surface area contributed by atoms with Gasteiger partial charge in [-0.25, -0.2) is 4.39 Å². The van der Waals surface area contributed by atoms with Gasteiger partial charge < -0.3 is 15.6 Å². The van der Waals surface area contributed by atoms with Crippen LogP contribution in [0.15, 0.2) is 42.5 Å². The summed E-state index contributed by atoms with van der Waals surface area (Å²) in [5.74, 6) is 0.302. The van der Waals surface area contributed by atoms with Gasteiger partial charge in [0, 0.05) is 17.7 Å². The minimum atomic E-state index is -0.435. The van der Waals surface area contributed by atoms with Gasteiger partial charge in [-0.1, -0.05) is 18.2 Å². The molecule has 0 aliphatic rings. The van der Waals surface area contributed by atoms with Crippen LogP contribution in [0.1, 0.15) is 17.2 Å². The second kappa shape index (κ2) is 5.71. The largest absolute Gasteiger partial charge is 0.508 e. The van der Waals surface area contributed by atoms with E-state index in [9.17, 15) is 9.50 Å². The number of hydrogen-bond donors (Lipinski definition) is 2. The maximum absolute atomic E-state index is 13.9. The molecule has 0 aromatic heterocycles. The Morgan fingerprint density at radius 2 is 1.89 bits per heavy atom. The van der Waals surface area contributed by atoms with Gasteiger partial charge in [-0.05, 0) is 30.2 Å². The van der Waals surface area contributed by atoms with E-state index in [0.717, 1.165) is 5.56 Å². The molecule has 0 spiro atoms. The maximum atomic E-state index is 13.9. The summed E-state index contributed by atoms with van der Waals surface area (Å²) in [6.45, 7) is 0. The predicted molar refractivity (Wildman–Crippen MR) is 71.7 cm³/mol. The van der Waals surface area contributed by atoms with Gasteiger partial charge in [0.25, 0.3) is 0 Å². The molecule has 0 aliphatic heterocycles.